The first-order valence-corrected chi connectivity index (χ1v) is 6.62. The first kappa shape index (κ1) is 9.71. The van der Waals surface area contributed by atoms with Crippen LogP contribution in [-0.2, 0) is 0 Å². The lowest BCUT2D eigenvalue weighted by molar-refractivity contribution is 0.440. The molecule has 1 aromatic rings. The zero-order chi connectivity index (χ0) is 10.3. The lowest BCUT2D eigenvalue weighted by atomic mass is 9.95. The van der Waals surface area contributed by atoms with Gasteiger partial charge in [-0.25, -0.2) is 0 Å². The third-order valence-corrected chi connectivity index (χ3v) is 4.41. The Bertz CT molecular complexity index is 363. The van der Waals surface area contributed by atoms with Crippen molar-refractivity contribution in [3.63, 3.8) is 0 Å². The van der Waals surface area contributed by atoms with Gasteiger partial charge in [-0.15, -0.1) is 0 Å². The molecule has 1 aromatic carbocycles. The number of halogens is 1. The molecular formula is C13H16BrN. The predicted molar refractivity (Wildman–Crippen MR) is 67.0 cm³/mol. The summed E-state index contributed by atoms with van der Waals surface area (Å²) in [6.07, 6.45) is 5.76. The highest BCUT2D eigenvalue weighted by Crippen LogP contribution is 2.45. The Labute approximate surface area is 99.4 Å². The Kier molecular flexibility index (Phi) is 2.47. The van der Waals surface area contributed by atoms with Crippen molar-refractivity contribution >= 4 is 21.6 Å². The Hall–Kier alpha value is -0.500. The van der Waals surface area contributed by atoms with E-state index in [1.807, 2.05) is 0 Å². The monoisotopic (exact) mass is 265 g/mol. The van der Waals surface area contributed by atoms with Crippen LogP contribution in [0.25, 0.3) is 0 Å². The lowest BCUT2D eigenvalue weighted by Gasteiger charge is -2.24. The van der Waals surface area contributed by atoms with Gasteiger partial charge in [0.1, 0.15) is 0 Å². The number of hydrogen-bond donors (Lipinski definition) is 1. The van der Waals surface area contributed by atoms with Gasteiger partial charge in [0.05, 0.1) is 0 Å². The zero-order valence-corrected chi connectivity index (χ0v) is 10.3. The molecule has 0 saturated heterocycles. The zero-order valence-electron chi connectivity index (χ0n) is 8.75. The van der Waals surface area contributed by atoms with Gasteiger partial charge in [-0.3, -0.25) is 0 Å². The molecule has 0 aliphatic heterocycles. The summed E-state index contributed by atoms with van der Waals surface area (Å²) in [6, 6.07) is 9.24. The summed E-state index contributed by atoms with van der Waals surface area (Å²) in [7, 11) is 0. The van der Waals surface area contributed by atoms with Crippen LogP contribution in [0.3, 0.4) is 0 Å². The first-order chi connectivity index (χ1) is 7.31. The molecule has 1 N–H and O–H groups in total. The third kappa shape index (κ3) is 1.92. The van der Waals surface area contributed by atoms with E-state index in [1.165, 1.54) is 31.4 Å². The second kappa shape index (κ2) is 3.82. The molecular weight excluding hydrogens is 250 g/mol. The van der Waals surface area contributed by atoms with E-state index in [-0.39, 0.29) is 0 Å². The van der Waals surface area contributed by atoms with E-state index in [4.69, 9.17) is 0 Å². The highest BCUT2D eigenvalue weighted by molar-refractivity contribution is 9.10. The smallest absolute Gasteiger partial charge is 0.0353 e. The van der Waals surface area contributed by atoms with Gasteiger partial charge in [0.15, 0.2) is 0 Å². The third-order valence-electron chi connectivity index (χ3n) is 3.91. The minimum Gasteiger partial charge on any atom is -0.382 e. The Balaban J connectivity index is 1.71. The van der Waals surface area contributed by atoms with Gasteiger partial charge in [-0.2, -0.15) is 0 Å². The Morgan fingerprint density at radius 2 is 2.13 bits per heavy atom. The normalized spacial score (nSPS) is 33.3. The number of rotatable bonds is 2. The van der Waals surface area contributed by atoms with Crippen molar-refractivity contribution in [1.29, 1.82) is 0 Å². The number of anilines is 1. The van der Waals surface area contributed by atoms with Crippen molar-refractivity contribution < 1.29 is 0 Å². The van der Waals surface area contributed by atoms with E-state index in [0.717, 1.165) is 22.4 Å². The van der Waals surface area contributed by atoms with Crippen molar-refractivity contribution in [1.82, 2.24) is 0 Å². The molecule has 0 aromatic heterocycles. The van der Waals surface area contributed by atoms with Crippen LogP contribution in [0.15, 0.2) is 28.7 Å². The highest BCUT2D eigenvalue weighted by atomic mass is 79.9. The summed E-state index contributed by atoms with van der Waals surface area (Å²) >= 11 is 3.51. The fourth-order valence-corrected chi connectivity index (χ4v) is 3.61. The van der Waals surface area contributed by atoms with Crippen LogP contribution in [0.1, 0.15) is 25.7 Å². The summed E-state index contributed by atoms with van der Waals surface area (Å²) in [6.45, 7) is 0. The molecule has 80 valence electrons. The standard InChI is InChI=1S/C13H16BrN/c14-11-2-1-3-12(8-11)15-13-7-9-4-5-10(13)6-9/h1-3,8-10,13,15H,4-7H2. The SMILES string of the molecule is Brc1cccc(NC2CC3CCC2C3)c1. The number of benzene rings is 1. The van der Waals surface area contributed by atoms with Crippen LogP contribution >= 0.6 is 15.9 Å². The molecule has 3 atom stereocenters. The van der Waals surface area contributed by atoms with Crippen LogP contribution in [0, 0.1) is 11.8 Å². The average Bonchev–Trinajstić information content (AvgIpc) is 2.79. The maximum atomic E-state index is 3.68. The second-order valence-corrected chi connectivity index (χ2v) is 5.85. The summed E-state index contributed by atoms with van der Waals surface area (Å²) < 4.78 is 1.16. The van der Waals surface area contributed by atoms with Crippen LogP contribution < -0.4 is 5.32 Å². The predicted octanol–water partition coefficient (Wildman–Crippen LogP) is 4.05. The van der Waals surface area contributed by atoms with Gasteiger partial charge in [0.25, 0.3) is 0 Å². The lowest BCUT2D eigenvalue weighted by Crippen LogP contribution is -2.25. The topological polar surface area (TPSA) is 12.0 Å². The maximum Gasteiger partial charge on any atom is 0.0353 e. The minimum absolute atomic E-state index is 0.734. The van der Waals surface area contributed by atoms with Crippen molar-refractivity contribution in [2.24, 2.45) is 11.8 Å². The summed E-state index contributed by atoms with van der Waals surface area (Å²) in [5.41, 5.74) is 1.27. The fourth-order valence-electron chi connectivity index (χ4n) is 3.21. The van der Waals surface area contributed by atoms with E-state index in [1.54, 1.807) is 0 Å². The Morgan fingerprint density at radius 3 is 2.80 bits per heavy atom. The summed E-state index contributed by atoms with van der Waals surface area (Å²) in [5.74, 6) is 1.95. The fraction of sp³-hybridized carbons (Fsp3) is 0.538. The number of fused-ring (bicyclic) bond motifs is 2. The van der Waals surface area contributed by atoms with Gasteiger partial charge in [-0.05, 0) is 49.3 Å². The molecule has 15 heavy (non-hydrogen) atoms. The molecule has 2 heteroatoms. The summed E-state index contributed by atoms with van der Waals surface area (Å²) in [5, 5.41) is 3.68. The summed E-state index contributed by atoms with van der Waals surface area (Å²) in [4.78, 5) is 0. The second-order valence-electron chi connectivity index (χ2n) is 4.94. The van der Waals surface area contributed by atoms with Crippen molar-refractivity contribution in [2.75, 3.05) is 5.32 Å². The molecule has 0 heterocycles. The van der Waals surface area contributed by atoms with Gasteiger partial charge in [0, 0.05) is 16.2 Å². The number of hydrogen-bond acceptors (Lipinski definition) is 1. The molecule has 3 rings (SSSR count). The molecule has 0 radical (unpaired) electrons. The van der Waals surface area contributed by atoms with Crippen LogP contribution in [0.2, 0.25) is 0 Å². The van der Waals surface area contributed by atoms with Crippen LogP contribution in [-0.4, -0.2) is 6.04 Å². The van der Waals surface area contributed by atoms with Crippen LogP contribution in [0.5, 0.6) is 0 Å². The van der Waals surface area contributed by atoms with Crippen molar-refractivity contribution in [3.05, 3.63) is 28.7 Å². The molecule has 2 bridgehead atoms. The molecule has 0 spiro atoms. The van der Waals surface area contributed by atoms with E-state index >= 15 is 0 Å². The van der Waals surface area contributed by atoms with Crippen molar-refractivity contribution in [3.8, 4) is 0 Å². The Morgan fingerprint density at radius 1 is 1.20 bits per heavy atom. The van der Waals surface area contributed by atoms with E-state index < -0.39 is 0 Å². The molecule has 3 unspecified atom stereocenters. The molecule has 2 saturated carbocycles. The molecule has 0 amide bonds. The van der Waals surface area contributed by atoms with E-state index in [2.05, 4.69) is 45.5 Å². The molecule has 2 aliphatic rings. The average molecular weight is 266 g/mol. The molecule has 2 fully saturated rings. The van der Waals surface area contributed by atoms with E-state index in [0.29, 0.717) is 0 Å². The van der Waals surface area contributed by atoms with Gasteiger partial charge in [0.2, 0.25) is 0 Å². The largest absolute Gasteiger partial charge is 0.382 e. The van der Waals surface area contributed by atoms with Gasteiger partial charge < -0.3 is 5.32 Å². The van der Waals surface area contributed by atoms with Gasteiger partial charge >= 0.3 is 0 Å². The first-order valence-electron chi connectivity index (χ1n) is 5.83. The molecule has 2 aliphatic carbocycles. The van der Waals surface area contributed by atoms with Crippen molar-refractivity contribution in [2.45, 2.75) is 31.7 Å². The van der Waals surface area contributed by atoms with Gasteiger partial charge in [-0.1, -0.05) is 28.4 Å². The van der Waals surface area contributed by atoms with E-state index in [9.17, 15) is 0 Å². The quantitative estimate of drug-likeness (QED) is 0.851. The maximum absolute atomic E-state index is 3.68. The number of nitrogens with one attached hydrogen (secondary N) is 1. The minimum atomic E-state index is 0.734. The van der Waals surface area contributed by atoms with Crippen LogP contribution in [0.4, 0.5) is 5.69 Å². The molecule has 1 nitrogen and oxygen atoms in total. The highest BCUT2D eigenvalue weighted by Gasteiger charge is 2.39.